The largest absolute Gasteiger partial charge is 0.342 e. The first kappa shape index (κ1) is 24.5. The summed E-state index contributed by atoms with van der Waals surface area (Å²) in [5.74, 6) is 0.457. The Bertz CT molecular complexity index is 1120. The first-order valence-corrected chi connectivity index (χ1v) is 11.8. The molecular weight excluding hydrogens is 458 g/mol. The van der Waals surface area contributed by atoms with Gasteiger partial charge in [0.15, 0.2) is 11.0 Å². The molecule has 0 saturated heterocycles. The molecule has 0 aliphatic heterocycles. The highest BCUT2D eigenvalue weighted by atomic mass is 35.5. The van der Waals surface area contributed by atoms with Gasteiger partial charge in [0.25, 0.3) is 5.91 Å². The number of nitrogens with zero attached hydrogens (tertiary/aromatic N) is 3. The number of carbonyl (C=O) groups is 2. The van der Waals surface area contributed by atoms with Crippen LogP contribution in [0, 0.1) is 5.92 Å². The van der Waals surface area contributed by atoms with Crippen molar-refractivity contribution in [1.82, 2.24) is 20.1 Å². The molecule has 0 unspecified atom stereocenters. The molecule has 172 valence electrons. The molecule has 2 aromatic carbocycles. The van der Waals surface area contributed by atoms with E-state index in [1.165, 1.54) is 11.8 Å². The summed E-state index contributed by atoms with van der Waals surface area (Å²) in [5.41, 5.74) is 1.20. The quantitative estimate of drug-likeness (QED) is 0.314. The fourth-order valence-corrected chi connectivity index (χ4v) is 4.12. The van der Waals surface area contributed by atoms with E-state index in [9.17, 15) is 9.59 Å². The maximum atomic E-state index is 12.8. The van der Waals surface area contributed by atoms with Crippen LogP contribution in [0.1, 0.15) is 36.1 Å². The minimum absolute atomic E-state index is 0.0643. The maximum Gasteiger partial charge on any atom is 0.251 e. The molecule has 0 saturated carbocycles. The van der Waals surface area contributed by atoms with Crippen LogP contribution in [0.3, 0.4) is 0 Å². The molecule has 3 rings (SSSR count). The Kier molecular flexibility index (Phi) is 8.68. The van der Waals surface area contributed by atoms with Crippen molar-refractivity contribution in [2.75, 3.05) is 11.1 Å². The molecule has 1 heterocycles. The Morgan fingerprint density at radius 1 is 1.15 bits per heavy atom. The summed E-state index contributed by atoms with van der Waals surface area (Å²) < 4.78 is 1.88. The molecule has 7 nitrogen and oxygen atoms in total. The zero-order chi connectivity index (χ0) is 23.8. The number of halogens is 1. The Balaban J connectivity index is 1.74. The first-order chi connectivity index (χ1) is 15.9. The highest BCUT2D eigenvalue weighted by molar-refractivity contribution is 7.99. The molecule has 1 aromatic heterocycles. The van der Waals surface area contributed by atoms with Crippen LogP contribution in [0.2, 0.25) is 5.02 Å². The predicted octanol–water partition coefficient (Wildman–Crippen LogP) is 4.98. The van der Waals surface area contributed by atoms with Crippen molar-refractivity contribution < 1.29 is 9.59 Å². The van der Waals surface area contributed by atoms with E-state index in [1.807, 2.05) is 36.6 Å². The van der Waals surface area contributed by atoms with E-state index in [4.69, 9.17) is 11.6 Å². The van der Waals surface area contributed by atoms with Gasteiger partial charge in [0.1, 0.15) is 0 Å². The van der Waals surface area contributed by atoms with Crippen LogP contribution in [0.15, 0.2) is 72.4 Å². The van der Waals surface area contributed by atoms with Gasteiger partial charge < -0.3 is 15.2 Å². The zero-order valence-corrected chi connectivity index (χ0v) is 20.1. The number of carbonyl (C=O) groups excluding carboxylic acids is 2. The van der Waals surface area contributed by atoms with Gasteiger partial charge in [0.05, 0.1) is 11.8 Å². The van der Waals surface area contributed by atoms with E-state index < -0.39 is 0 Å². The second-order valence-corrected chi connectivity index (χ2v) is 9.03. The Hall–Kier alpha value is -3.10. The molecule has 9 heteroatoms. The Morgan fingerprint density at radius 3 is 2.58 bits per heavy atom. The van der Waals surface area contributed by atoms with Gasteiger partial charge in [-0.1, -0.05) is 67.6 Å². The lowest BCUT2D eigenvalue weighted by Crippen LogP contribution is -2.33. The summed E-state index contributed by atoms with van der Waals surface area (Å²) >= 11 is 7.24. The van der Waals surface area contributed by atoms with Gasteiger partial charge in [-0.2, -0.15) is 0 Å². The summed E-state index contributed by atoms with van der Waals surface area (Å²) in [6, 6.07) is 15.7. The van der Waals surface area contributed by atoms with E-state index in [-0.39, 0.29) is 29.5 Å². The molecule has 0 radical (unpaired) electrons. The molecular formula is C24H26ClN5O2S. The molecule has 0 bridgehead atoms. The molecule has 0 aliphatic carbocycles. The predicted molar refractivity (Wildman–Crippen MR) is 133 cm³/mol. The van der Waals surface area contributed by atoms with Crippen molar-refractivity contribution >= 4 is 40.9 Å². The topological polar surface area (TPSA) is 88.9 Å². The lowest BCUT2D eigenvalue weighted by molar-refractivity contribution is -0.113. The second-order valence-electron chi connectivity index (χ2n) is 7.65. The third-order valence-corrected chi connectivity index (χ3v) is 5.97. The highest BCUT2D eigenvalue weighted by Gasteiger charge is 2.26. The fraction of sp³-hybridized carbons (Fsp3) is 0.250. The van der Waals surface area contributed by atoms with Gasteiger partial charge in [-0.15, -0.1) is 16.8 Å². The summed E-state index contributed by atoms with van der Waals surface area (Å²) in [4.78, 5) is 25.2. The summed E-state index contributed by atoms with van der Waals surface area (Å²) in [5, 5.41) is 15.7. The van der Waals surface area contributed by atoms with Crippen LogP contribution in [0.5, 0.6) is 0 Å². The monoisotopic (exact) mass is 483 g/mol. The van der Waals surface area contributed by atoms with Gasteiger partial charge >= 0.3 is 0 Å². The number of allylic oxidation sites excluding steroid dienone is 1. The second kappa shape index (κ2) is 11.7. The van der Waals surface area contributed by atoms with Gasteiger partial charge in [0, 0.05) is 22.8 Å². The average Bonchev–Trinajstić information content (AvgIpc) is 3.18. The summed E-state index contributed by atoms with van der Waals surface area (Å²) in [6.45, 7) is 8.29. The van der Waals surface area contributed by atoms with E-state index in [1.54, 1.807) is 42.5 Å². The lowest BCUT2D eigenvalue weighted by Gasteiger charge is -2.22. The summed E-state index contributed by atoms with van der Waals surface area (Å²) in [6.07, 6.45) is 1.74. The number of benzene rings is 2. The minimum atomic E-state index is -0.361. The number of nitrogens with one attached hydrogen (secondary N) is 2. The van der Waals surface area contributed by atoms with Crippen LogP contribution in [0.25, 0.3) is 0 Å². The van der Waals surface area contributed by atoms with Crippen molar-refractivity contribution in [3.8, 4) is 0 Å². The minimum Gasteiger partial charge on any atom is -0.342 e. The molecule has 0 aliphatic rings. The summed E-state index contributed by atoms with van der Waals surface area (Å²) in [7, 11) is 0. The average molecular weight is 484 g/mol. The number of rotatable bonds is 10. The molecule has 0 spiro atoms. The van der Waals surface area contributed by atoms with E-state index in [0.717, 1.165) is 0 Å². The van der Waals surface area contributed by atoms with E-state index in [2.05, 4.69) is 27.4 Å². The van der Waals surface area contributed by atoms with Crippen molar-refractivity contribution in [2.24, 2.45) is 5.92 Å². The normalized spacial score (nSPS) is 11.8. The zero-order valence-electron chi connectivity index (χ0n) is 18.5. The van der Waals surface area contributed by atoms with Crippen molar-refractivity contribution in [3.05, 3.63) is 83.7 Å². The molecule has 1 atom stereocenters. The van der Waals surface area contributed by atoms with Crippen LogP contribution >= 0.6 is 23.4 Å². The SMILES string of the molecule is C=CCn1c(SCC(=O)Nc2cccc(Cl)c2)nnc1[C@H](NC(=O)c1ccccc1)C(C)C. The van der Waals surface area contributed by atoms with Crippen molar-refractivity contribution in [2.45, 2.75) is 31.6 Å². The van der Waals surface area contributed by atoms with Gasteiger partial charge in [-0.3, -0.25) is 9.59 Å². The van der Waals surface area contributed by atoms with Crippen LogP contribution in [0.4, 0.5) is 5.69 Å². The molecule has 33 heavy (non-hydrogen) atoms. The lowest BCUT2D eigenvalue weighted by atomic mass is 10.0. The molecule has 0 fully saturated rings. The van der Waals surface area contributed by atoms with E-state index >= 15 is 0 Å². The number of hydrogen-bond donors (Lipinski definition) is 2. The van der Waals surface area contributed by atoms with Gasteiger partial charge in [-0.05, 0) is 36.2 Å². The molecule has 2 amide bonds. The smallest absolute Gasteiger partial charge is 0.251 e. The van der Waals surface area contributed by atoms with Crippen molar-refractivity contribution in [1.29, 1.82) is 0 Å². The van der Waals surface area contributed by atoms with Crippen LogP contribution in [-0.4, -0.2) is 32.3 Å². The Labute approximate surface area is 202 Å². The van der Waals surface area contributed by atoms with Crippen LogP contribution < -0.4 is 10.6 Å². The van der Waals surface area contributed by atoms with Crippen molar-refractivity contribution in [3.63, 3.8) is 0 Å². The molecule has 3 aromatic rings. The number of anilines is 1. The highest BCUT2D eigenvalue weighted by Crippen LogP contribution is 2.26. The van der Waals surface area contributed by atoms with Gasteiger partial charge in [0.2, 0.25) is 5.91 Å². The van der Waals surface area contributed by atoms with E-state index in [0.29, 0.717) is 33.8 Å². The number of thioether (sulfide) groups is 1. The fourth-order valence-electron chi connectivity index (χ4n) is 3.17. The van der Waals surface area contributed by atoms with Gasteiger partial charge in [-0.25, -0.2) is 0 Å². The van der Waals surface area contributed by atoms with Crippen LogP contribution in [-0.2, 0) is 11.3 Å². The first-order valence-electron chi connectivity index (χ1n) is 10.5. The maximum absolute atomic E-state index is 12.8. The number of hydrogen-bond acceptors (Lipinski definition) is 5. The number of amides is 2. The number of aromatic nitrogens is 3. The third kappa shape index (κ3) is 6.69. The Morgan fingerprint density at radius 2 is 1.91 bits per heavy atom. The standard InChI is InChI=1S/C24H26ClN5O2S/c1-4-13-30-22(21(16(2)3)27-23(32)17-9-6-5-7-10-17)28-29-24(30)33-15-20(31)26-19-12-8-11-18(25)14-19/h4-12,14,16,21H,1,13,15H2,2-3H3,(H,26,31)(H,27,32)/t21-/m1/s1. The molecule has 2 N–H and O–H groups in total. The third-order valence-electron chi connectivity index (χ3n) is 4.77.